The second-order valence-corrected chi connectivity index (χ2v) is 9.72. The summed E-state index contributed by atoms with van der Waals surface area (Å²) in [7, 11) is -7.13. The molecule has 1 aliphatic heterocycles. The zero-order valence-electron chi connectivity index (χ0n) is 14.1. The molecule has 1 heterocycles. The van der Waals surface area contributed by atoms with E-state index in [2.05, 4.69) is 9.62 Å². The van der Waals surface area contributed by atoms with E-state index in [-0.39, 0.29) is 17.2 Å². The highest BCUT2D eigenvalue weighted by molar-refractivity contribution is 7.90. The van der Waals surface area contributed by atoms with Crippen molar-refractivity contribution in [2.45, 2.75) is 18.7 Å². The normalized spacial score (nSPS) is 17.9. The summed E-state index contributed by atoms with van der Waals surface area (Å²) < 4.78 is 52.8. The molecule has 0 aliphatic carbocycles. The lowest BCUT2D eigenvalue weighted by Gasteiger charge is -2.33. The van der Waals surface area contributed by atoms with Gasteiger partial charge in [0.05, 0.1) is 10.6 Å². The largest absolute Gasteiger partial charge is 0.301 e. The third kappa shape index (κ3) is 5.00. The summed E-state index contributed by atoms with van der Waals surface area (Å²) in [5.41, 5.74) is 0.961. The van der Waals surface area contributed by atoms with Crippen molar-refractivity contribution in [2.24, 2.45) is 0 Å². The molecule has 0 spiro atoms. The molecule has 0 atom stereocenters. The second kappa shape index (κ2) is 7.92. The Balaban J connectivity index is 1.89. The van der Waals surface area contributed by atoms with E-state index in [1.165, 1.54) is 16.4 Å². The minimum Gasteiger partial charge on any atom is -0.301 e. The Morgan fingerprint density at radius 1 is 1.00 bits per heavy atom. The van der Waals surface area contributed by atoms with Gasteiger partial charge in [0.2, 0.25) is 20.0 Å². The third-order valence-corrected chi connectivity index (χ3v) is 7.50. The monoisotopic (exact) mass is 375 g/mol. The fourth-order valence-electron chi connectivity index (χ4n) is 2.56. The highest BCUT2D eigenvalue weighted by Crippen LogP contribution is 2.11. The van der Waals surface area contributed by atoms with Gasteiger partial charge >= 0.3 is 0 Å². The molecule has 1 N–H and O–H groups in total. The van der Waals surface area contributed by atoms with Gasteiger partial charge in [-0.2, -0.15) is 4.31 Å². The average Bonchev–Trinajstić information content (AvgIpc) is 2.55. The van der Waals surface area contributed by atoms with Crippen molar-refractivity contribution in [3.8, 4) is 0 Å². The van der Waals surface area contributed by atoms with E-state index in [9.17, 15) is 16.8 Å². The number of hydrogen-bond donors (Lipinski definition) is 1. The molecule has 0 bridgehead atoms. The number of likely N-dealkylation sites (N-methyl/N-ethyl adjacent to an activating group) is 1. The van der Waals surface area contributed by atoms with Crippen LogP contribution in [0, 0.1) is 6.92 Å². The molecule has 136 valence electrons. The van der Waals surface area contributed by atoms with Crippen molar-refractivity contribution < 1.29 is 16.8 Å². The van der Waals surface area contributed by atoms with Crippen LogP contribution in [0.1, 0.15) is 12.5 Å². The summed E-state index contributed by atoms with van der Waals surface area (Å²) >= 11 is 0. The molecule has 1 fully saturated rings. The first-order valence-corrected chi connectivity index (χ1v) is 11.1. The van der Waals surface area contributed by atoms with E-state index in [1.807, 2.05) is 13.8 Å². The summed E-state index contributed by atoms with van der Waals surface area (Å²) in [6.07, 6.45) is 0. The average molecular weight is 376 g/mol. The molecule has 7 nitrogen and oxygen atoms in total. The van der Waals surface area contributed by atoms with Crippen LogP contribution >= 0.6 is 0 Å². The Labute approximate surface area is 144 Å². The number of rotatable bonds is 7. The van der Waals surface area contributed by atoms with E-state index in [4.69, 9.17) is 0 Å². The topological polar surface area (TPSA) is 86.8 Å². The zero-order valence-corrected chi connectivity index (χ0v) is 15.7. The van der Waals surface area contributed by atoms with Crippen LogP contribution in [0.5, 0.6) is 0 Å². The van der Waals surface area contributed by atoms with Crippen LogP contribution in [0.15, 0.2) is 29.2 Å². The lowest BCUT2D eigenvalue weighted by Crippen LogP contribution is -2.49. The quantitative estimate of drug-likeness (QED) is 0.738. The van der Waals surface area contributed by atoms with E-state index >= 15 is 0 Å². The van der Waals surface area contributed by atoms with Gasteiger partial charge in [0, 0.05) is 32.7 Å². The van der Waals surface area contributed by atoms with Crippen molar-refractivity contribution in [1.29, 1.82) is 0 Å². The van der Waals surface area contributed by atoms with Crippen LogP contribution in [0.3, 0.4) is 0 Å². The molecule has 9 heteroatoms. The maximum Gasteiger partial charge on any atom is 0.240 e. The Bertz CT molecular complexity index is 737. The van der Waals surface area contributed by atoms with Crippen molar-refractivity contribution in [2.75, 3.05) is 45.0 Å². The van der Waals surface area contributed by atoms with Crippen LogP contribution in [0.4, 0.5) is 0 Å². The molecule has 0 amide bonds. The van der Waals surface area contributed by atoms with Crippen LogP contribution in [0.25, 0.3) is 0 Å². The molecular formula is C15H25N3O4S2. The van der Waals surface area contributed by atoms with Gasteiger partial charge in [-0.25, -0.2) is 21.6 Å². The second-order valence-electron chi connectivity index (χ2n) is 5.86. The molecule has 2 rings (SSSR count). The Kier molecular flexibility index (Phi) is 6.38. The SMILES string of the molecule is CCN1CCN(S(=O)(=O)CCNS(=O)(=O)c2ccc(C)cc2)CC1. The van der Waals surface area contributed by atoms with Crippen LogP contribution in [0.2, 0.25) is 0 Å². The number of sulfonamides is 2. The zero-order chi connectivity index (χ0) is 17.8. The van der Waals surface area contributed by atoms with Gasteiger partial charge < -0.3 is 4.90 Å². The molecule has 1 aromatic carbocycles. The highest BCUT2D eigenvalue weighted by atomic mass is 32.2. The van der Waals surface area contributed by atoms with Gasteiger partial charge in [-0.05, 0) is 25.6 Å². The molecule has 0 saturated carbocycles. The van der Waals surface area contributed by atoms with Gasteiger partial charge in [-0.3, -0.25) is 0 Å². The number of aryl methyl sites for hydroxylation is 1. The van der Waals surface area contributed by atoms with Gasteiger partial charge in [0.25, 0.3) is 0 Å². The van der Waals surface area contributed by atoms with Crippen LogP contribution in [-0.2, 0) is 20.0 Å². The predicted molar refractivity (Wildman–Crippen MR) is 93.8 cm³/mol. The molecule has 0 unspecified atom stereocenters. The van der Waals surface area contributed by atoms with Crippen molar-refractivity contribution in [1.82, 2.24) is 13.9 Å². The Morgan fingerprint density at radius 2 is 1.58 bits per heavy atom. The summed E-state index contributed by atoms with van der Waals surface area (Å²) in [6.45, 7) is 7.03. The predicted octanol–water partition coefficient (Wildman–Crippen LogP) is 0.241. The van der Waals surface area contributed by atoms with Crippen molar-refractivity contribution in [3.05, 3.63) is 29.8 Å². The maximum absolute atomic E-state index is 12.3. The van der Waals surface area contributed by atoms with Gasteiger partial charge in [0.1, 0.15) is 0 Å². The lowest BCUT2D eigenvalue weighted by atomic mass is 10.2. The molecular weight excluding hydrogens is 350 g/mol. The number of benzene rings is 1. The van der Waals surface area contributed by atoms with Crippen molar-refractivity contribution in [3.63, 3.8) is 0 Å². The van der Waals surface area contributed by atoms with Gasteiger partial charge in [-0.1, -0.05) is 24.6 Å². The first kappa shape index (κ1) is 19.3. The summed E-state index contributed by atoms with van der Waals surface area (Å²) in [4.78, 5) is 2.33. The van der Waals surface area contributed by atoms with E-state index < -0.39 is 20.0 Å². The fraction of sp³-hybridized carbons (Fsp3) is 0.600. The number of piperazine rings is 1. The van der Waals surface area contributed by atoms with Gasteiger partial charge in [0.15, 0.2) is 0 Å². The highest BCUT2D eigenvalue weighted by Gasteiger charge is 2.26. The smallest absolute Gasteiger partial charge is 0.240 e. The molecule has 24 heavy (non-hydrogen) atoms. The lowest BCUT2D eigenvalue weighted by molar-refractivity contribution is 0.196. The fourth-order valence-corrected chi connectivity index (χ4v) is 5.06. The Hall–Kier alpha value is -1.00. The standard InChI is InChI=1S/C15H25N3O4S2/c1-3-17-9-11-18(12-10-17)23(19,20)13-8-16-24(21,22)15-6-4-14(2)5-7-15/h4-7,16H,3,8-13H2,1-2H3. The number of nitrogens with zero attached hydrogens (tertiary/aromatic N) is 2. The number of nitrogens with one attached hydrogen (secondary N) is 1. The molecule has 0 radical (unpaired) electrons. The first-order chi connectivity index (χ1) is 11.2. The molecule has 1 saturated heterocycles. The maximum atomic E-state index is 12.3. The van der Waals surface area contributed by atoms with Crippen molar-refractivity contribution >= 4 is 20.0 Å². The molecule has 1 aromatic rings. The Morgan fingerprint density at radius 3 is 2.12 bits per heavy atom. The molecule has 1 aliphatic rings. The summed E-state index contributed by atoms with van der Waals surface area (Å²) in [6, 6.07) is 6.43. The summed E-state index contributed by atoms with van der Waals surface area (Å²) in [5.74, 6) is -0.232. The first-order valence-electron chi connectivity index (χ1n) is 8.01. The van der Waals surface area contributed by atoms with Crippen LogP contribution < -0.4 is 4.72 Å². The minimum atomic E-state index is -3.68. The molecule has 0 aromatic heterocycles. The van der Waals surface area contributed by atoms with E-state index in [0.29, 0.717) is 26.2 Å². The minimum absolute atomic E-state index is 0.132. The van der Waals surface area contributed by atoms with Crippen LogP contribution in [-0.4, -0.2) is 71.1 Å². The summed E-state index contributed by atoms with van der Waals surface area (Å²) in [5, 5.41) is 0. The van der Waals surface area contributed by atoms with E-state index in [1.54, 1.807) is 12.1 Å². The third-order valence-electron chi connectivity index (χ3n) is 4.16. The van der Waals surface area contributed by atoms with Gasteiger partial charge in [-0.15, -0.1) is 0 Å². The van der Waals surface area contributed by atoms with E-state index in [0.717, 1.165) is 12.1 Å². The number of hydrogen-bond acceptors (Lipinski definition) is 5.